The highest BCUT2D eigenvalue weighted by Crippen LogP contribution is 2.30. The minimum absolute atomic E-state index is 0.406. The van der Waals surface area contributed by atoms with Crippen LogP contribution in [0.25, 0.3) is 0 Å². The highest BCUT2D eigenvalue weighted by Gasteiger charge is 2.26. The summed E-state index contributed by atoms with van der Waals surface area (Å²) in [5.41, 5.74) is 1.32. The number of rotatable bonds is 3. The highest BCUT2D eigenvalue weighted by molar-refractivity contribution is 6.30. The Morgan fingerprint density at radius 1 is 1.17 bits per heavy atom. The van der Waals surface area contributed by atoms with E-state index in [9.17, 15) is 0 Å². The van der Waals surface area contributed by atoms with Crippen LogP contribution >= 0.6 is 11.6 Å². The summed E-state index contributed by atoms with van der Waals surface area (Å²) in [4.78, 5) is 0. The van der Waals surface area contributed by atoms with E-state index >= 15 is 0 Å². The molecule has 2 rings (SSSR count). The lowest BCUT2D eigenvalue weighted by atomic mass is 9.79. The van der Waals surface area contributed by atoms with Crippen LogP contribution in [0.1, 0.15) is 51.6 Å². The Balaban J connectivity index is 1.94. The summed E-state index contributed by atoms with van der Waals surface area (Å²) >= 11 is 5.93. The average molecular weight is 266 g/mol. The minimum atomic E-state index is 0.406. The molecular weight excluding hydrogens is 242 g/mol. The summed E-state index contributed by atoms with van der Waals surface area (Å²) in [6, 6.07) is 9.25. The summed E-state index contributed by atoms with van der Waals surface area (Å²) in [6.07, 6.45) is 4.01. The first-order valence-electron chi connectivity index (χ1n) is 7.07. The lowest BCUT2D eigenvalue weighted by molar-refractivity contribution is 0.216. The van der Waals surface area contributed by atoms with Gasteiger partial charge in [0.05, 0.1) is 0 Å². The van der Waals surface area contributed by atoms with Gasteiger partial charge in [0.15, 0.2) is 0 Å². The Morgan fingerprint density at radius 2 is 1.83 bits per heavy atom. The molecule has 0 aromatic heterocycles. The molecule has 1 aliphatic rings. The van der Waals surface area contributed by atoms with E-state index in [1.807, 2.05) is 12.1 Å². The first kappa shape index (κ1) is 13.9. The zero-order valence-electron chi connectivity index (χ0n) is 11.6. The molecule has 1 saturated carbocycles. The van der Waals surface area contributed by atoms with E-state index in [1.165, 1.54) is 24.8 Å². The third kappa shape index (κ3) is 3.49. The summed E-state index contributed by atoms with van der Waals surface area (Å²) in [5.74, 6) is 1.67. The Morgan fingerprint density at radius 3 is 2.44 bits per heavy atom. The van der Waals surface area contributed by atoms with E-state index in [-0.39, 0.29) is 0 Å². The van der Waals surface area contributed by atoms with Gasteiger partial charge in [0.25, 0.3) is 0 Å². The number of hydrogen-bond acceptors (Lipinski definition) is 1. The average Bonchev–Trinajstić information content (AvgIpc) is 2.33. The van der Waals surface area contributed by atoms with Crippen molar-refractivity contribution < 1.29 is 0 Å². The molecule has 0 spiro atoms. The molecule has 4 atom stereocenters. The molecule has 0 radical (unpaired) electrons. The van der Waals surface area contributed by atoms with Gasteiger partial charge in [0.2, 0.25) is 0 Å². The Hall–Kier alpha value is -0.530. The van der Waals surface area contributed by atoms with Crippen molar-refractivity contribution in [1.82, 2.24) is 5.32 Å². The third-order valence-corrected chi connectivity index (χ3v) is 4.52. The number of nitrogens with one attached hydrogen (secondary N) is 1. The van der Waals surface area contributed by atoms with E-state index in [4.69, 9.17) is 11.6 Å². The molecule has 0 heterocycles. The van der Waals surface area contributed by atoms with Gasteiger partial charge in [0, 0.05) is 17.1 Å². The van der Waals surface area contributed by atoms with Gasteiger partial charge in [-0.1, -0.05) is 37.6 Å². The van der Waals surface area contributed by atoms with Gasteiger partial charge in [-0.2, -0.15) is 0 Å². The van der Waals surface area contributed by atoms with Gasteiger partial charge in [-0.15, -0.1) is 0 Å². The Kier molecular flexibility index (Phi) is 4.69. The molecule has 2 heteroatoms. The lowest BCUT2D eigenvalue weighted by Crippen LogP contribution is -2.40. The standard InChI is InChI=1S/C16H24ClN/c1-11-4-9-16(12(2)10-11)18-13(3)14-5-7-15(17)8-6-14/h5-8,11-13,16,18H,4,9-10H2,1-3H3/t11?,12?,13-,16?/m0/s1. The van der Waals surface area contributed by atoms with Gasteiger partial charge in [-0.05, 0) is 55.7 Å². The van der Waals surface area contributed by atoms with Crippen LogP contribution in [0.5, 0.6) is 0 Å². The van der Waals surface area contributed by atoms with Crippen molar-refractivity contribution in [3.8, 4) is 0 Å². The molecule has 100 valence electrons. The first-order valence-corrected chi connectivity index (χ1v) is 7.45. The number of halogens is 1. The molecule has 1 fully saturated rings. The maximum atomic E-state index is 5.93. The van der Waals surface area contributed by atoms with Crippen LogP contribution in [0.3, 0.4) is 0 Å². The van der Waals surface area contributed by atoms with Crippen LogP contribution in [0.2, 0.25) is 5.02 Å². The van der Waals surface area contributed by atoms with Crippen molar-refractivity contribution in [2.75, 3.05) is 0 Å². The fraction of sp³-hybridized carbons (Fsp3) is 0.625. The van der Waals surface area contributed by atoms with Crippen LogP contribution in [0, 0.1) is 11.8 Å². The highest BCUT2D eigenvalue weighted by atomic mass is 35.5. The second kappa shape index (κ2) is 6.08. The quantitative estimate of drug-likeness (QED) is 0.827. The molecule has 1 aromatic carbocycles. The van der Waals surface area contributed by atoms with Gasteiger partial charge < -0.3 is 5.32 Å². The van der Waals surface area contributed by atoms with Crippen molar-refractivity contribution in [3.05, 3.63) is 34.9 Å². The second-order valence-corrected chi connectivity index (χ2v) is 6.38. The molecule has 1 nitrogen and oxygen atoms in total. The molecule has 1 aliphatic carbocycles. The van der Waals surface area contributed by atoms with Gasteiger partial charge >= 0.3 is 0 Å². The first-order chi connectivity index (χ1) is 8.56. The van der Waals surface area contributed by atoms with Gasteiger partial charge in [0.1, 0.15) is 0 Å². The van der Waals surface area contributed by atoms with Crippen LogP contribution < -0.4 is 5.32 Å². The molecule has 0 saturated heterocycles. The number of hydrogen-bond donors (Lipinski definition) is 1. The van der Waals surface area contributed by atoms with E-state index in [2.05, 4.69) is 38.2 Å². The monoisotopic (exact) mass is 265 g/mol. The minimum Gasteiger partial charge on any atom is -0.307 e. The SMILES string of the molecule is CC1CCC(N[C@@H](C)c2ccc(Cl)cc2)C(C)C1. The smallest absolute Gasteiger partial charge is 0.0406 e. The maximum absolute atomic E-state index is 5.93. The van der Waals surface area contributed by atoms with Crippen LogP contribution in [-0.4, -0.2) is 6.04 Å². The molecule has 0 bridgehead atoms. The zero-order valence-corrected chi connectivity index (χ0v) is 12.4. The molecule has 1 N–H and O–H groups in total. The second-order valence-electron chi connectivity index (χ2n) is 5.94. The van der Waals surface area contributed by atoms with Crippen LogP contribution in [0.15, 0.2) is 24.3 Å². The van der Waals surface area contributed by atoms with Crippen molar-refractivity contribution in [2.45, 2.75) is 52.1 Å². The van der Waals surface area contributed by atoms with Gasteiger partial charge in [-0.25, -0.2) is 0 Å². The summed E-state index contributed by atoms with van der Waals surface area (Å²) in [7, 11) is 0. The Labute approximate surface area is 116 Å². The largest absolute Gasteiger partial charge is 0.307 e. The predicted molar refractivity (Wildman–Crippen MR) is 79.0 cm³/mol. The maximum Gasteiger partial charge on any atom is 0.0406 e. The van der Waals surface area contributed by atoms with Crippen molar-refractivity contribution in [2.24, 2.45) is 11.8 Å². The van der Waals surface area contributed by atoms with E-state index in [0.29, 0.717) is 12.1 Å². The van der Waals surface area contributed by atoms with E-state index in [0.717, 1.165) is 16.9 Å². The molecule has 18 heavy (non-hydrogen) atoms. The van der Waals surface area contributed by atoms with Crippen molar-refractivity contribution >= 4 is 11.6 Å². The fourth-order valence-corrected chi connectivity index (χ4v) is 3.21. The normalized spacial score (nSPS) is 30.1. The van der Waals surface area contributed by atoms with Gasteiger partial charge in [-0.3, -0.25) is 0 Å². The van der Waals surface area contributed by atoms with Crippen LogP contribution in [0.4, 0.5) is 0 Å². The van der Waals surface area contributed by atoms with Crippen LogP contribution in [-0.2, 0) is 0 Å². The molecule has 0 aliphatic heterocycles. The topological polar surface area (TPSA) is 12.0 Å². The summed E-state index contributed by atoms with van der Waals surface area (Å²) in [5, 5.41) is 4.59. The molecular formula is C16H24ClN. The summed E-state index contributed by atoms with van der Waals surface area (Å²) < 4.78 is 0. The molecule has 1 aromatic rings. The predicted octanol–water partition coefficient (Wildman–Crippen LogP) is 4.82. The molecule has 0 amide bonds. The molecule has 3 unspecified atom stereocenters. The number of benzene rings is 1. The van der Waals surface area contributed by atoms with Crippen molar-refractivity contribution in [3.63, 3.8) is 0 Å². The van der Waals surface area contributed by atoms with E-state index < -0.39 is 0 Å². The zero-order chi connectivity index (χ0) is 13.1. The Bertz CT molecular complexity index is 373. The lowest BCUT2D eigenvalue weighted by Gasteiger charge is -2.35. The third-order valence-electron chi connectivity index (χ3n) is 4.27. The summed E-state index contributed by atoms with van der Waals surface area (Å²) in [6.45, 7) is 6.99. The fourth-order valence-electron chi connectivity index (χ4n) is 3.08. The van der Waals surface area contributed by atoms with E-state index in [1.54, 1.807) is 0 Å². The van der Waals surface area contributed by atoms with Crippen molar-refractivity contribution in [1.29, 1.82) is 0 Å².